The number of rotatable bonds is 2. The summed E-state index contributed by atoms with van der Waals surface area (Å²) in [5.74, 6) is 0.259. The summed E-state index contributed by atoms with van der Waals surface area (Å²) in [4.78, 5) is 25.2. The van der Waals surface area contributed by atoms with E-state index in [0.29, 0.717) is 19.1 Å². The molecule has 1 aliphatic heterocycles. The second-order valence-electron chi connectivity index (χ2n) is 7.09. The number of carbonyl (C=O) groups excluding carboxylic acids is 2. The Labute approximate surface area is 135 Å². The largest absolute Gasteiger partial charge is 0.353 e. The van der Waals surface area contributed by atoms with Crippen molar-refractivity contribution in [2.45, 2.75) is 83.6 Å². The Morgan fingerprint density at radius 2 is 1.27 bits per heavy atom. The van der Waals surface area contributed by atoms with E-state index in [9.17, 15) is 9.59 Å². The van der Waals surface area contributed by atoms with Crippen LogP contribution in [0.3, 0.4) is 0 Å². The molecule has 2 amide bonds. The van der Waals surface area contributed by atoms with Gasteiger partial charge in [-0.25, -0.2) is 0 Å². The Morgan fingerprint density at radius 3 is 1.73 bits per heavy atom. The number of likely N-dealkylation sites (tertiary alicyclic amines) is 1. The van der Waals surface area contributed by atoms with Crippen LogP contribution in [0.25, 0.3) is 0 Å². The molecule has 2 fully saturated rings. The van der Waals surface area contributed by atoms with E-state index in [1.165, 1.54) is 57.8 Å². The molecule has 2 aliphatic rings. The van der Waals surface area contributed by atoms with Crippen LogP contribution in [0.5, 0.6) is 0 Å². The summed E-state index contributed by atoms with van der Waals surface area (Å²) in [5.41, 5.74) is 0. The fraction of sp³-hybridized carbons (Fsp3) is 0.889. The Bertz CT molecular complexity index is 352. The zero-order chi connectivity index (χ0) is 15.8. The van der Waals surface area contributed by atoms with Crippen LogP contribution in [0.2, 0.25) is 0 Å². The maximum atomic E-state index is 12.3. The van der Waals surface area contributed by atoms with Gasteiger partial charge < -0.3 is 10.2 Å². The topological polar surface area (TPSA) is 49.4 Å². The Balaban J connectivity index is 1.72. The molecule has 0 aromatic carbocycles. The van der Waals surface area contributed by atoms with Gasteiger partial charge in [0.15, 0.2) is 0 Å². The fourth-order valence-electron chi connectivity index (χ4n) is 3.53. The van der Waals surface area contributed by atoms with E-state index in [2.05, 4.69) is 5.32 Å². The van der Waals surface area contributed by atoms with E-state index in [4.69, 9.17) is 0 Å². The second kappa shape index (κ2) is 9.16. The van der Waals surface area contributed by atoms with Crippen molar-refractivity contribution in [2.75, 3.05) is 13.1 Å². The molecule has 2 rings (SSSR count). The Hall–Kier alpha value is -1.06. The first-order chi connectivity index (χ1) is 10.7. The van der Waals surface area contributed by atoms with Crippen molar-refractivity contribution in [1.29, 1.82) is 0 Å². The average molecular weight is 308 g/mol. The maximum Gasteiger partial charge on any atom is 0.226 e. The molecule has 0 aromatic heterocycles. The summed E-state index contributed by atoms with van der Waals surface area (Å²) >= 11 is 0. The number of nitrogens with zero attached hydrogens (tertiary/aromatic N) is 1. The molecule has 0 bridgehead atoms. The van der Waals surface area contributed by atoms with Crippen molar-refractivity contribution in [1.82, 2.24) is 10.2 Å². The van der Waals surface area contributed by atoms with E-state index < -0.39 is 0 Å². The molecule has 126 valence electrons. The quantitative estimate of drug-likeness (QED) is 0.851. The van der Waals surface area contributed by atoms with Crippen molar-refractivity contribution >= 4 is 11.8 Å². The molecule has 1 heterocycles. The monoisotopic (exact) mass is 308 g/mol. The lowest BCUT2D eigenvalue weighted by atomic mass is 9.95. The first kappa shape index (κ1) is 17.3. The molecule has 1 saturated heterocycles. The lowest BCUT2D eigenvalue weighted by Crippen LogP contribution is -2.56. The summed E-state index contributed by atoms with van der Waals surface area (Å²) < 4.78 is 0. The fourth-order valence-corrected chi connectivity index (χ4v) is 3.53. The molecule has 0 radical (unpaired) electrons. The molecule has 4 nitrogen and oxygen atoms in total. The highest BCUT2D eigenvalue weighted by molar-refractivity contribution is 5.83. The maximum absolute atomic E-state index is 12.3. The van der Waals surface area contributed by atoms with Crippen LogP contribution in [0.1, 0.15) is 77.6 Å². The van der Waals surface area contributed by atoms with Crippen molar-refractivity contribution in [3.63, 3.8) is 0 Å². The van der Waals surface area contributed by atoms with Crippen LogP contribution < -0.4 is 5.32 Å². The second-order valence-corrected chi connectivity index (χ2v) is 7.09. The standard InChI is InChI=1S/C18H32N2O2/c1-15(21)20-13-16(14-20)18(22)19-17-11-9-7-5-3-2-4-6-8-10-12-17/h16-17H,2-14H2,1H3,(H,19,22). The van der Waals surface area contributed by atoms with Crippen molar-refractivity contribution < 1.29 is 9.59 Å². The lowest BCUT2D eigenvalue weighted by molar-refractivity contribution is -0.141. The third-order valence-corrected chi connectivity index (χ3v) is 5.15. The summed E-state index contributed by atoms with van der Waals surface area (Å²) in [6, 6.07) is 0.346. The summed E-state index contributed by atoms with van der Waals surface area (Å²) in [6.45, 7) is 2.78. The van der Waals surface area contributed by atoms with E-state index >= 15 is 0 Å². The van der Waals surface area contributed by atoms with Gasteiger partial charge in [0.1, 0.15) is 0 Å². The number of hydrogen-bond donors (Lipinski definition) is 1. The van der Waals surface area contributed by atoms with E-state index in [1.54, 1.807) is 11.8 Å². The smallest absolute Gasteiger partial charge is 0.226 e. The highest BCUT2D eigenvalue weighted by atomic mass is 16.2. The number of hydrogen-bond acceptors (Lipinski definition) is 2. The normalized spacial score (nSPS) is 23.0. The minimum Gasteiger partial charge on any atom is -0.353 e. The average Bonchev–Trinajstić information content (AvgIpc) is 2.39. The zero-order valence-corrected chi connectivity index (χ0v) is 14.1. The van der Waals surface area contributed by atoms with Gasteiger partial charge in [0.05, 0.1) is 5.92 Å². The minimum absolute atomic E-state index is 0.0188. The van der Waals surface area contributed by atoms with Crippen molar-refractivity contribution in [2.24, 2.45) is 5.92 Å². The SMILES string of the molecule is CC(=O)N1CC(C(=O)NC2CCCCCCCCCCC2)C1. The van der Waals surface area contributed by atoms with Gasteiger partial charge >= 0.3 is 0 Å². The molecule has 0 atom stereocenters. The van der Waals surface area contributed by atoms with E-state index in [-0.39, 0.29) is 17.7 Å². The van der Waals surface area contributed by atoms with Gasteiger partial charge in [-0.15, -0.1) is 0 Å². The van der Waals surface area contributed by atoms with Crippen LogP contribution in [-0.2, 0) is 9.59 Å². The van der Waals surface area contributed by atoms with Gasteiger partial charge in [-0.05, 0) is 12.8 Å². The third-order valence-electron chi connectivity index (χ3n) is 5.15. The van der Waals surface area contributed by atoms with Gasteiger partial charge in [-0.1, -0.05) is 57.8 Å². The van der Waals surface area contributed by atoms with Gasteiger partial charge in [0, 0.05) is 26.1 Å². The molecular formula is C18H32N2O2. The summed E-state index contributed by atoms with van der Waals surface area (Å²) in [7, 11) is 0. The molecule has 0 spiro atoms. The van der Waals surface area contributed by atoms with E-state index in [0.717, 1.165) is 12.8 Å². The molecule has 1 saturated carbocycles. The highest BCUT2D eigenvalue weighted by Gasteiger charge is 2.34. The van der Waals surface area contributed by atoms with Gasteiger partial charge in [-0.3, -0.25) is 9.59 Å². The third kappa shape index (κ3) is 5.62. The number of amides is 2. The van der Waals surface area contributed by atoms with E-state index in [1.807, 2.05) is 0 Å². The van der Waals surface area contributed by atoms with Gasteiger partial charge in [0.25, 0.3) is 0 Å². The molecule has 0 aromatic rings. The van der Waals surface area contributed by atoms with Crippen LogP contribution >= 0.6 is 0 Å². The molecule has 1 N–H and O–H groups in total. The number of nitrogens with one attached hydrogen (secondary N) is 1. The van der Waals surface area contributed by atoms with Crippen molar-refractivity contribution in [3.8, 4) is 0 Å². The molecular weight excluding hydrogens is 276 g/mol. The predicted octanol–water partition coefficient (Wildman–Crippen LogP) is 3.25. The first-order valence-electron chi connectivity index (χ1n) is 9.22. The molecule has 0 unspecified atom stereocenters. The first-order valence-corrected chi connectivity index (χ1v) is 9.22. The molecule has 1 aliphatic carbocycles. The Morgan fingerprint density at radius 1 is 0.818 bits per heavy atom. The van der Waals surface area contributed by atoms with Crippen molar-refractivity contribution in [3.05, 3.63) is 0 Å². The van der Waals surface area contributed by atoms with Gasteiger partial charge in [0.2, 0.25) is 11.8 Å². The van der Waals surface area contributed by atoms with Gasteiger partial charge in [-0.2, -0.15) is 0 Å². The predicted molar refractivity (Wildman–Crippen MR) is 88.5 cm³/mol. The number of carbonyl (C=O) groups is 2. The van der Waals surface area contributed by atoms with Crippen LogP contribution in [0.4, 0.5) is 0 Å². The van der Waals surface area contributed by atoms with Crippen LogP contribution in [-0.4, -0.2) is 35.8 Å². The summed E-state index contributed by atoms with van der Waals surface area (Å²) in [5, 5.41) is 3.26. The van der Waals surface area contributed by atoms with Crippen LogP contribution in [0.15, 0.2) is 0 Å². The highest BCUT2D eigenvalue weighted by Crippen LogP contribution is 2.19. The minimum atomic E-state index is 0.0188. The lowest BCUT2D eigenvalue weighted by Gasteiger charge is -2.38. The zero-order valence-electron chi connectivity index (χ0n) is 14.1. The summed E-state index contributed by atoms with van der Waals surface area (Å²) in [6.07, 6.45) is 14.1. The molecule has 22 heavy (non-hydrogen) atoms. The molecule has 4 heteroatoms. The van der Waals surface area contributed by atoms with Crippen LogP contribution in [0, 0.1) is 5.92 Å². The Kier molecular flexibility index (Phi) is 7.20.